The van der Waals surface area contributed by atoms with Crippen molar-refractivity contribution >= 4 is 11.9 Å². The number of carbonyl (C=O) groups excluding carboxylic acids is 2. The highest BCUT2D eigenvalue weighted by Gasteiger charge is 2.11. The number of hydrogen-bond donors (Lipinski definition) is 1. The Kier molecular flexibility index (Phi) is 6.69. The molecule has 0 fully saturated rings. The molecule has 0 spiro atoms. The lowest BCUT2D eigenvalue weighted by Crippen LogP contribution is -2.28. The third-order valence-corrected chi connectivity index (χ3v) is 4.45. The minimum Gasteiger partial charge on any atom is -0.493 e. The number of aromatic nitrogens is 2. The maximum atomic E-state index is 12.2. The molecular formula is C22H23N3O5. The van der Waals surface area contributed by atoms with Crippen LogP contribution in [0.5, 0.6) is 11.5 Å². The summed E-state index contributed by atoms with van der Waals surface area (Å²) in [6.45, 7) is 1.84. The van der Waals surface area contributed by atoms with E-state index in [0.717, 1.165) is 16.9 Å². The summed E-state index contributed by atoms with van der Waals surface area (Å²) >= 11 is 0. The minimum absolute atomic E-state index is 0.272. The molecular weight excluding hydrogens is 386 g/mol. The number of carbonyl (C=O) groups is 2. The molecule has 3 rings (SSSR count). The van der Waals surface area contributed by atoms with Gasteiger partial charge in [0.15, 0.2) is 18.1 Å². The largest absolute Gasteiger partial charge is 0.493 e. The monoisotopic (exact) mass is 409 g/mol. The molecule has 1 heterocycles. The second-order valence-corrected chi connectivity index (χ2v) is 6.47. The first-order valence-corrected chi connectivity index (χ1v) is 9.27. The first-order chi connectivity index (χ1) is 14.5. The second kappa shape index (κ2) is 9.60. The predicted molar refractivity (Wildman–Crippen MR) is 110 cm³/mol. The standard InChI is InChI=1S/C22H23N3O5/c1-15-10-11-24-25(15)18-7-5-17(6-8-18)22(27)30-14-21(26)23-13-16-4-9-19(28-2)20(12-16)29-3/h4-12H,13-14H2,1-3H3,(H,23,26). The molecule has 0 radical (unpaired) electrons. The van der Waals surface area contributed by atoms with Crippen LogP contribution in [-0.2, 0) is 16.1 Å². The van der Waals surface area contributed by atoms with Crippen LogP contribution in [0.25, 0.3) is 5.69 Å². The Balaban J connectivity index is 1.50. The minimum atomic E-state index is -0.569. The SMILES string of the molecule is COc1ccc(CNC(=O)COC(=O)c2ccc(-n3nccc3C)cc2)cc1OC. The first kappa shape index (κ1) is 20.9. The normalized spacial score (nSPS) is 10.4. The Morgan fingerprint density at radius 1 is 1.00 bits per heavy atom. The third-order valence-electron chi connectivity index (χ3n) is 4.45. The van der Waals surface area contributed by atoms with Crippen LogP contribution in [0.15, 0.2) is 54.7 Å². The van der Waals surface area contributed by atoms with Gasteiger partial charge >= 0.3 is 5.97 Å². The molecule has 0 unspecified atom stereocenters. The van der Waals surface area contributed by atoms with E-state index in [4.69, 9.17) is 14.2 Å². The van der Waals surface area contributed by atoms with Crippen LogP contribution in [-0.4, -0.2) is 42.5 Å². The molecule has 0 aliphatic rings. The van der Waals surface area contributed by atoms with Crippen molar-refractivity contribution in [3.05, 3.63) is 71.5 Å². The molecule has 1 amide bonds. The van der Waals surface area contributed by atoms with Gasteiger partial charge in [-0.3, -0.25) is 4.79 Å². The van der Waals surface area contributed by atoms with Crippen molar-refractivity contribution in [2.75, 3.05) is 20.8 Å². The Labute approximate surface area is 174 Å². The highest BCUT2D eigenvalue weighted by molar-refractivity contribution is 5.91. The summed E-state index contributed by atoms with van der Waals surface area (Å²) < 4.78 is 17.3. The first-order valence-electron chi connectivity index (χ1n) is 9.27. The summed E-state index contributed by atoms with van der Waals surface area (Å²) in [7, 11) is 3.10. The molecule has 0 bridgehead atoms. The second-order valence-electron chi connectivity index (χ2n) is 6.47. The maximum absolute atomic E-state index is 12.2. The van der Waals surface area contributed by atoms with E-state index >= 15 is 0 Å². The van der Waals surface area contributed by atoms with Crippen molar-refractivity contribution in [3.8, 4) is 17.2 Å². The van der Waals surface area contributed by atoms with E-state index in [-0.39, 0.29) is 13.2 Å². The van der Waals surface area contributed by atoms with Crippen molar-refractivity contribution in [2.24, 2.45) is 0 Å². The van der Waals surface area contributed by atoms with Gasteiger partial charge in [-0.25, -0.2) is 9.48 Å². The van der Waals surface area contributed by atoms with Gasteiger partial charge in [-0.15, -0.1) is 0 Å². The molecule has 3 aromatic rings. The van der Waals surface area contributed by atoms with E-state index in [9.17, 15) is 9.59 Å². The van der Waals surface area contributed by atoms with E-state index in [1.54, 1.807) is 61.5 Å². The van der Waals surface area contributed by atoms with Crippen LogP contribution >= 0.6 is 0 Å². The highest BCUT2D eigenvalue weighted by atomic mass is 16.5. The molecule has 30 heavy (non-hydrogen) atoms. The molecule has 2 aromatic carbocycles. The Hall–Kier alpha value is -3.81. The van der Waals surface area contributed by atoms with Gasteiger partial charge < -0.3 is 19.5 Å². The molecule has 8 nitrogen and oxygen atoms in total. The molecule has 0 aliphatic carbocycles. The molecule has 0 aliphatic heterocycles. The van der Waals surface area contributed by atoms with E-state index in [1.807, 2.05) is 19.1 Å². The quantitative estimate of drug-likeness (QED) is 0.575. The van der Waals surface area contributed by atoms with Gasteiger partial charge in [0.05, 0.1) is 25.5 Å². The number of benzene rings is 2. The van der Waals surface area contributed by atoms with Crippen molar-refractivity contribution in [2.45, 2.75) is 13.5 Å². The number of amides is 1. The topological polar surface area (TPSA) is 91.7 Å². The molecule has 1 N–H and O–H groups in total. The number of nitrogens with one attached hydrogen (secondary N) is 1. The smallest absolute Gasteiger partial charge is 0.338 e. The molecule has 0 saturated heterocycles. The fourth-order valence-corrected chi connectivity index (χ4v) is 2.84. The summed E-state index contributed by atoms with van der Waals surface area (Å²) in [5.41, 5.74) is 3.01. The van der Waals surface area contributed by atoms with Gasteiger partial charge in [-0.1, -0.05) is 6.07 Å². The summed E-state index contributed by atoms with van der Waals surface area (Å²) in [4.78, 5) is 24.2. The van der Waals surface area contributed by atoms with Gasteiger partial charge in [-0.05, 0) is 55.0 Å². The van der Waals surface area contributed by atoms with Crippen molar-refractivity contribution in [3.63, 3.8) is 0 Å². The maximum Gasteiger partial charge on any atom is 0.338 e. The molecule has 0 saturated carbocycles. The number of rotatable bonds is 8. The fraction of sp³-hybridized carbons (Fsp3) is 0.227. The lowest BCUT2D eigenvalue weighted by molar-refractivity contribution is -0.124. The molecule has 156 valence electrons. The number of ether oxygens (including phenoxy) is 3. The molecule has 8 heteroatoms. The zero-order chi connectivity index (χ0) is 21.5. The molecule has 1 aromatic heterocycles. The van der Waals surface area contributed by atoms with E-state index < -0.39 is 11.9 Å². The lowest BCUT2D eigenvalue weighted by Gasteiger charge is -2.11. The van der Waals surface area contributed by atoms with Crippen LogP contribution < -0.4 is 14.8 Å². The average molecular weight is 409 g/mol. The third kappa shape index (κ3) is 4.96. The number of methoxy groups -OCH3 is 2. The highest BCUT2D eigenvalue weighted by Crippen LogP contribution is 2.27. The Morgan fingerprint density at radius 3 is 2.37 bits per heavy atom. The van der Waals surface area contributed by atoms with Crippen LogP contribution in [0, 0.1) is 6.92 Å². The fourth-order valence-electron chi connectivity index (χ4n) is 2.84. The van der Waals surface area contributed by atoms with Crippen LogP contribution in [0.4, 0.5) is 0 Å². The van der Waals surface area contributed by atoms with E-state index in [0.29, 0.717) is 17.1 Å². The Morgan fingerprint density at radius 2 is 1.73 bits per heavy atom. The average Bonchev–Trinajstić information content (AvgIpc) is 3.21. The van der Waals surface area contributed by atoms with Gasteiger partial charge in [0.25, 0.3) is 5.91 Å². The zero-order valence-corrected chi connectivity index (χ0v) is 17.0. The van der Waals surface area contributed by atoms with Crippen LogP contribution in [0.1, 0.15) is 21.6 Å². The summed E-state index contributed by atoms with van der Waals surface area (Å²) in [6.07, 6.45) is 1.71. The van der Waals surface area contributed by atoms with Crippen molar-refractivity contribution < 1.29 is 23.8 Å². The van der Waals surface area contributed by atoms with E-state index in [2.05, 4.69) is 10.4 Å². The van der Waals surface area contributed by atoms with E-state index in [1.165, 1.54) is 0 Å². The summed E-state index contributed by atoms with van der Waals surface area (Å²) in [5, 5.41) is 6.92. The number of aryl methyl sites for hydroxylation is 1. The summed E-state index contributed by atoms with van der Waals surface area (Å²) in [5.74, 6) is 0.210. The zero-order valence-electron chi connectivity index (χ0n) is 17.0. The summed E-state index contributed by atoms with van der Waals surface area (Å²) in [6, 6.07) is 14.1. The Bertz CT molecular complexity index is 1030. The van der Waals surface area contributed by atoms with Gasteiger partial charge in [0, 0.05) is 18.4 Å². The number of nitrogens with zero attached hydrogens (tertiary/aromatic N) is 2. The molecule has 0 atom stereocenters. The van der Waals surface area contributed by atoms with Gasteiger partial charge in [0.1, 0.15) is 0 Å². The lowest BCUT2D eigenvalue weighted by atomic mass is 10.2. The van der Waals surface area contributed by atoms with Crippen molar-refractivity contribution in [1.82, 2.24) is 15.1 Å². The van der Waals surface area contributed by atoms with Gasteiger partial charge in [0.2, 0.25) is 0 Å². The predicted octanol–water partition coefficient (Wildman–Crippen LogP) is 2.67. The van der Waals surface area contributed by atoms with Crippen LogP contribution in [0.3, 0.4) is 0 Å². The number of esters is 1. The van der Waals surface area contributed by atoms with Crippen molar-refractivity contribution in [1.29, 1.82) is 0 Å². The van der Waals surface area contributed by atoms with Gasteiger partial charge in [-0.2, -0.15) is 5.10 Å². The van der Waals surface area contributed by atoms with Crippen LogP contribution in [0.2, 0.25) is 0 Å². The number of hydrogen-bond acceptors (Lipinski definition) is 6.